The molecule has 0 aliphatic rings. The van der Waals surface area contributed by atoms with E-state index in [2.05, 4.69) is 30.9 Å². The molecule has 3 amide bonds. The number of imidazole rings is 1. The monoisotopic (exact) mass is 529 g/mol. The summed E-state index contributed by atoms with van der Waals surface area (Å²) < 4.78 is 1.62. The molecule has 0 radical (unpaired) electrons. The molecule has 2 aromatic carbocycles. The summed E-state index contributed by atoms with van der Waals surface area (Å²) in [7, 11) is 3.98. The Morgan fingerprint density at radius 2 is 1.79 bits per heavy atom. The third-order valence-corrected chi connectivity index (χ3v) is 6.39. The molecule has 0 aliphatic heterocycles. The number of rotatable bonds is 9. The van der Waals surface area contributed by atoms with Crippen molar-refractivity contribution in [3.05, 3.63) is 77.6 Å². The third kappa shape index (κ3) is 6.78. The van der Waals surface area contributed by atoms with Gasteiger partial charge in [-0.1, -0.05) is 24.3 Å². The van der Waals surface area contributed by atoms with E-state index in [1.54, 1.807) is 61.1 Å². The van der Waals surface area contributed by atoms with Crippen LogP contribution < -0.4 is 16.0 Å². The zero-order valence-electron chi connectivity index (χ0n) is 22.9. The Balaban J connectivity index is 1.55. The molecule has 204 valence electrons. The van der Waals surface area contributed by atoms with Gasteiger partial charge in [-0.15, -0.1) is 0 Å². The van der Waals surface area contributed by atoms with Gasteiger partial charge in [0.2, 0.25) is 0 Å². The van der Waals surface area contributed by atoms with Gasteiger partial charge in [0.15, 0.2) is 5.65 Å². The Kier molecular flexibility index (Phi) is 8.27. The molecule has 0 bridgehead atoms. The van der Waals surface area contributed by atoms with Crippen molar-refractivity contribution >= 4 is 29.0 Å². The number of carbonyl (C=O) groups is 2. The van der Waals surface area contributed by atoms with Gasteiger partial charge in [-0.25, -0.2) is 14.3 Å². The van der Waals surface area contributed by atoms with Crippen LogP contribution in [0.25, 0.3) is 16.9 Å². The average Bonchev–Trinajstić information content (AvgIpc) is 3.36. The van der Waals surface area contributed by atoms with Crippen LogP contribution in [-0.2, 0) is 5.60 Å². The summed E-state index contributed by atoms with van der Waals surface area (Å²) in [6.45, 7) is 6.74. The number of nitrogens with zero attached hydrogens (tertiary/aromatic N) is 4. The van der Waals surface area contributed by atoms with E-state index in [-0.39, 0.29) is 11.9 Å². The lowest BCUT2D eigenvalue weighted by Gasteiger charge is -2.18. The number of aliphatic hydroxyl groups is 1. The van der Waals surface area contributed by atoms with Crippen LogP contribution in [0.3, 0.4) is 0 Å². The van der Waals surface area contributed by atoms with Crippen LogP contribution in [0.4, 0.5) is 16.2 Å². The average molecular weight is 530 g/mol. The highest BCUT2D eigenvalue weighted by Crippen LogP contribution is 2.30. The highest BCUT2D eigenvalue weighted by Gasteiger charge is 2.18. The van der Waals surface area contributed by atoms with Crippen LogP contribution in [0.5, 0.6) is 0 Å². The molecule has 39 heavy (non-hydrogen) atoms. The predicted molar refractivity (Wildman–Crippen MR) is 153 cm³/mol. The maximum absolute atomic E-state index is 13.0. The van der Waals surface area contributed by atoms with Crippen LogP contribution in [0.15, 0.2) is 60.9 Å². The molecule has 0 saturated heterocycles. The fraction of sp³-hybridized carbons (Fsp3) is 0.310. The van der Waals surface area contributed by atoms with Crippen LogP contribution in [0.1, 0.15) is 41.8 Å². The quantitative estimate of drug-likeness (QED) is 0.240. The lowest BCUT2D eigenvalue weighted by Crippen LogP contribution is -2.31. The van der Waals surface area contributed by atoms with E-state index in [9.17, 15) is 14.7 Å². The third-order valence-electron chi connectivity index (χ3n) is 6.39. The number of aromatic nitrogens is 3. The standard InChI is InChI=1S/C29H35N7O3/c1-19-22(8-6-9-23(19)32-27(37)20-10-12-21(13-11-20)29(2,3)39)24-18-25(26-30-15-17-36(26)34-24)33-28(38)31-14-7-16-35(4)5/h6,8-13,15,17-18,39H,7,14,16H2,1-5H3,(H,32,37)(H2,31,33,38). The van der Waals surface area contributed by atoms with Crippen molar-refractivity contribution in [2.75, 3.05) is 37.8 Å². The lowest BCUT2D eigenvalue weighted by atomic mass is 9.97. The van der Waals surface area contributed by atoms with E-state index in [1.807, 2.05) is 39.2 Å². The Labute approximate surface area is 228 Å². The molecule has 2 heterocycles. The van der Waals surface area contributed by atoms with Crippen LogP contribution >= 0.6 is 0 Å². The van der Waals surface area contributed by atoms with Gasteiger partial charge in [0.25, 0.3) is 5.91 Å². The zero-order chi connectivity index (χ0) is 28.2. The van der Waals surface area contributed by atoms with Crippen molar-refractivity contribution in [1.29, 1.82) is 0 Å². The predicted octanol–water partition coefficient (Wildman–Crippen LogP) is 4.26. The summed E-state index contributed by atoms with van der Waals surface area (Å²) in [5.41, 5.74) is 4.16. The normalized spacial score (nSPS) is 11.6. The summed E-state index contributed by atoms with van der Waals surface area (Å²) in [4.78, 5) is 31.9. The number of anilines is 2. The van der Waals surface area contributed by atoms with Crippen molar-refractivity contribution in [3.8, 4) is 11.3 Å². The van der Waals surface area contributed by atoms with E-state index in [4.69, 9.17) is 0 Å². The highest BCUT2D eigenvalue weighted by molar-refractivity contribution is 6.05. The second-order valence-corrected chi connectivity index (χ2v) is 10.2. The zero-order valence-corrected chi connectivity index (χ0v) is 22.9. The number of nitrogens with one attached hydrogen (secondary N) is 3. The summed E-state index contributed by atoms with van der Waals surface area (Å²) in [6.07, 6.45) is 4.18. The number of fused-ring (bicyclic) bond motifs is 1. The number of benzene rings is 2. The first kappa shape index (κ1) is 27.7. The molecular weight excluding hydrogens is 494 g/mol. The first-order valence-electron chi connectivity index (χ1n) is 12.8. The van der Waals surface area contributed by atoms with E-state index >= 15 is 0 Å². The second-order valence-electron chi connectivity index (χ2n) is 10.2. The molecule has 4 rings (SSSR count). The van der Waals surface area contributed by atoms with Crippen molar-refractivity contribution in [1.82, 2.24) is 24.8 Å². The maximum atomic E-state index is 13.0. The molecule has 4 aromatic rings. The molecule has 0 fully saturated rings. The molecule has 2 aromatic heterocycles. The van der Waals surface area contributed by atoms with Gasteiger partial charge in [-0.05, 0) is 83.2 Å². The first-order chi connectivity index (χ1) is 18.5. The van der Waals surface area contributed by atoms with E-state index in [1.165, 1.54) is 0 Å². The molecule has 0 saturated carbocycles. The van der Waals surface area contributed by atoms with Crippen molar-refractivity contribution < 1.29 is 14.7 Å². The minimum absolute atomic E-state index is 0.260. The van der Waals surface area contributed by atoms with Crippen molar-refractivity contribution in [2.45, 2.75) is 32.8 Å². The molecule has 0 aliphatic carbocycles. The summed E-state index contributed by atoms with van der Waals surface area (Å²) in [5.74, 6) is -0.260. The molecule has 10 heteroatoms. The highest BCUT2D eigenvalue weighted by atomic mass is 16.3. The minimum Gasteiger partial charge on any atom is -0.386 e. The molecule has 4 N–H and O–H groups in total. The Morgan fingerprint density at radius 1 is 1.05 bits per heavy atom. The second kappa shape index (κ2) is 11.6. The lowest BCUT2D eigenvalue weighted by molar-refractivity contribution is 0.0785. The minimum atomic E-state index is -0.982. The molecule has 0 spiro atoms. The smallest absolute Gasteiger partial charge is 0.319 e. The molecular formula is C29H35N7O3. The van der Waals surface area contributed by atoms with Crippen molar-refractivity contribution in [2.24, 2.45) is 0 Å². The molecule has 0 unspecified atom stereocenters. The number of hydrogen-bond donors (Lipinski definition) is 4. The maximum Gasteiger partial charge on any atom is 0.319 e. The van der Waals surface area contributed by atoms with Gasteiger partial charge in [-0.2, -0.15) is 5.10 Å². The summed E-state index contributed by atoms with van der Waals surface area (Å²) in [6, 6.07) is 13.9. The van der Waals surface area contributed by atoms with Crippen molar-refractivity contribution in [3.63, 3.8) is 0 Å². The number of hydrogen-bond acceptors (Lipinski definition) is 6. The van der Waals surface area contributed by atoms with Gasteiger partial charge in [0, 0.05) is 35.8 Å². The fourth-order valence-corrected chi connectivity index (χ4v) is 4.18. The van der Waals surface area contributed by atoms with Gasteiger partial charge in [0.05, 0.1) is 17.0 Å². The largest absolute Gasteiger partial charge is 0.386 e. The van der Waals surface area contributed by atoms with Gasteiger partial charge in [-0.3, -0.25) is 4.79 Å². The van der Waals surface area contributed by atoms with E-state index in [0.29, 0.717) is 34.8 Å². The Hall–Kier alpha value is -4.28. The van der Waals surface area contributed by atoms with E-state index < -0.39 is 5.60 Å². The van der Waals surface area contributed by atoms with Gasteiger partial charge in [0.1, 0.15) is 0 Å². The number of carbonyl (C=O) groups excluding carboxylic acids is 2. The van der Waals surface area contributed by atoms with Gasteiger partial charge < -0.3 is 26.0 Å². The number of urea groups is 1. The molecule has 0 atom stereocenters. The Morgan fingerprint density at radius 3 is 2.49 bits per heavy atom. The van der Waals surface area contributed by atoms with Crippen LogP contribution in [-0.4, -0.2) is 63.7 Å². The van der Waals surface area contributed by atoms with E-state index in [0.717, 1.165) is 29.7 Å². The van der Waals surface area contributed by atoms with Crippen LogP contribution in [0, 0.1) is 6.92 Å². The van der Waals surface area contributed by atoms with Gasteiger partial charge >= 0.3 is 6.03 Å². The van der Waals surface area contributed by atoms with Crippen LogP contribution in [0.2, 0.25) is 0 Å². The topological polar surface area (TPSA) is 124 Å². The fourth-order valence-electron chi connectivity index (χ4n) is 4.18. The SMILES string of the molecule is Cc1c(NC(=O)c2ccc(C(C)(C)O)cc2)cccc1-c1cc(NC(=O)NCCCN(C)C)c2nccn2n1. The molecule has 10 nitrogen and oxygen atoms in total. The summed E-state index contributed by atoms with van der Waals surface area (Å²) in [5, 5.41) is 23.6. The number of amides is 3. The Bertz CT molecular complexity index is 1470. The first-order valence-corrected chi connectivity index (χ1v) is 12.8. The summed E-state index contributed by atoms with van der Waals surface area (Å²) >= 11 is 0.